The average Bonchev–Trinajstić information content (AvgIpc) is 3.58. The number of aromatic nitrogens is 4. The smallest absolute Gasteiger partial charge is 0.270 e. The van der Waals surface area contributed by atoms with E-state index < -0.39 is 17.9 Å². The summed E-state index contributed by atoms with van der Waals surface area (Å²) in [4.78, 5) is 39.2. The summed E-state index contributed by atoms with van der Waals surface area (Å²) < 4.78 is 8.38. The summed E-state index contributed by atoms with van der Waals surface area (Å²) in [6, 6.07) is 16.7. The number of amides is 2. The number of hydrogen-bond acceptors (Lipinski definition) is 6. The van der Waals surface area contributed by atoms with Gasteiger partial charge in [0.1, 0.15) is 17.5 Å². The number of hydrogen-bond donors (Lipinski definition) is 2. The number of nitrogens with zero attached hydrogens (tertiary/aromatic N) is 4. The van der Waals surface area contributed by atoms with Crippen LogP contribution in [-0.2, 0) is 18.3 Å². The Bertz CT molecular complexity index is 1870. The van der Waals surface area contributed by atoms with Crippen molar-refractivity contribution in [1.82, 2.24) is 24.8 Å². The Hall–Kier alpha value is -4.96. The summed E-state index contributed by atoms with van der Waals surface area (Å²) in [7, 11) is 1.65. The first-order valence-corrected chi connectivity index (χ1v) is 14.5. The van der Waals surface area contributed by atoms with Crippen LogP contribution < -0.4 is 16.2 Å². The monoisotopic (exact) mass is 612 g/mol. The van der Waals surface area contributed by atoms with E-state index in [1.807, 2.05) is 52.0 Å². The molecule has 1 atom stereocenters. The normalized spacial score (nSPS) is 11.9. The van der Waals surface area contributed by atoms with Crippen LogP contribution in [0, 0.1) is 13.8 Å². The second kappa shape index (κ2) is 12.7. The van der Waals surface area contributed by atoms with Crippen LogP contribution in [0.2, 0.25) is 5.02 Å². The molecule has 0 fully saturated rings. The molecule has 11 heteroatoms. The lowest BCUT2D eigenvalue weighted by Gasteiger charge is -2.20. The molecule has 0 saturated heterocycles. The molecule has 5 rings (SSSR count). The van der Waals surface area contributed by atoms with Crippen LogP contribution in [0.3, 0.4) is 0 Å². The Morgan fingerprint density at radius 1 is 0.977 bits per heavy atom. The highest BCUT2D eigenvalue weighted by molar-refractivity contribution is 6.31. The molecule has 2 amide bonds. The van der Waals surface area contributed by atoms with Gasteiger partial charge in [0.05, 0.1) is 5.69 Å². The highest BCUT2D eigenvalue weighted by Crippen LogP contribution is 2.29. The number of halogens is 1. The largest absolute Gasteiger partial charge is 0.361 e. The van der Waals surface area contributed by atoms with E-state index in [-0.39, 0.29) is 18.0 Å². The summed E-state index contributed by atoms with van der Waals surface area (Å²) in [6.07, 6.45) is 3.44. The third-order valence-corrected chi connectivity index (χ3v) is 7.82. The van der Waals surface area contributed by atoms with Gasteiger partial charge >= 0.3 is 0 Å². The molecule has 10 nitrogen and oxygen atoms in total. The van der Waals surface area contributed by atoms with Crippen LogP contribution in [0.5, 0.6) is 0 Å². The molecule has 0 aliphatic heterocycles. The third kappa shape index (κ3) is 6.50. The number of carbonyl (C=O) groups excluding carboxylic acids is 2. The fraction of sp³-hybridized carbons (Fsp3) is 0.242. The molecule has 0 radical (unpaired) electrons. The fourth-order valence-electron chi connectivity index (χ4n) is 5.09. The van der Waals surface area contributed by atoms with E-state index in [1.165, 1.54) is 16.9 Å². The van der Waals surface area contributed by atoms with Gasteiger partial charge in [-0.05, 0) is 86.3 Å². The molecule has 5 aromatic rings. The van der Waals surface area contributed by atoms with Gasteiger partial charge in [-0.1, -0.05) is 35.0 Å². The van der Waals surface area contributed by atoms with Crippen molar-refractivity contribution < 1.29 is 14.1 Å². The highest BCUT2D eigenvalue weighted by atomic mass is 35.5. The fourth-order valence-corrected chi connectivity index (χ4v) is 5.29. The van der Waals surface area contributed by atoms with Gasteiger partial charge in [0, 0.05) is 54.2 Å². The SMILES string of the molecule is Cc1noc(C)c1-c1ccc(NC(=O)C(Cc2cc(-c3ccc(=O)n(C(C)C)c3)ccc2Cl)NC(=O)c2ccnn2C)cc1. The molecule has 0 aliphatic rings. The molecule has 226 valence electrons. The van der Waals surface area contributed by atoms with Crippen molar-refractivity contribution in [1.29, 1.82) is 0 Å². The summed E-state index contributed by atoms with van der Waals surface area (Å²) >= 11 is 6.63. The zero-order chi connectivity index (χ0) is 31.5. The Morgan fingerprint density at radius 2 is 1.68 bits per heavy atom. The van der Waals surface area contributed by atoms with Crippen LogP contribution in [0.15, 0.2) is 82.4 Å². The van der Waals surface area contributed by atoms with Crippen molar-refractivity contribution in [2.45, 2.75) is 46.2 Å². The minimum absolute atomic E-state index is 0.0111. The lowest BCUT2D eigenvalue weighted by Crippen LogP contribution is -2.45. The molecule has 2 aromatic carbocycles. The van der Waals surface area contributed by atoms with Crippen LogP contribution >= 0.6 is 11.6 Å². The summed E-state index contributed by atoms with van der Waals surface area (Å²) in [5, 5.41) is 14.3. The lowest BCUT2D eigenvalue weighted by atomic mass is 9.99. The molecule has 3 aromatic heterocycles. The minimum atomic E-state index is -0.975. The van der Waals surface area contributed by atoms with E-state index in [4.69, 9.17) is 16.1 Å². The van der Waals surface area contributed by atoms with Crippen molar-refractivity contribution in [2.24, 2.45) is 7.05 Å². The van der Waals surface area contributed by atoms with Crippen LogP contribution in [0.1, 0.15) is 47.4 Å². The van der Waals surface area contributed by atoms with Crippen LogP contribution in [0.4, 0.5) is 5.69 Å². The first-order valence-electron chi connectivity index (χ1n) is 14.2. The van der Waals surface area contributed by atoms with Crippen molar-refractivity contribution in [3.63, 3.8) is 0 Å². The average molecular weight is 613 g/mol. The van der Waals surface area contributed by atoms with Gasteiger partial charge in [0.2, 0.25) is 5.91 Å². The number of carbonyl (C=O) groups is 2. The molecule has 44 heavy (non-hydrogen) atoms. The van der Waals surface area contributed by atoms with Gasteiger partial charge in [-0.15, -0.1) is 0 Å². The molecule has 3 heterocycles. The topological polar surface area (TPSA) is 124 Å². The zero-order valence-corrected chi connectivity index (χ0v) is 25.8. The van der Waals surface area contributed by atoms with Gasteiger partial charge in [-0.3, -0.25) is 19.1 Å². The molecule has 1 unspecified atom stereocenters. The number of pyridine rings is 1. The predicted octanol–water partition coefficient (Wildman–Crippen LogP) is 5.73. The Morgan fingerprint density at radius 3 is 2.32 bits per heavy atom. The van der Waals surface area contributed by atoms with Gasteiger partial charge in [0.25, 0.3) is 11.5 Å². The molecule has 2 N–H and O–H groups in total. The molecular weight excluding hydrogens is 580 g/mol. The first kappa shape index (κ1) is 30.5. The molecule has 0 bridgehead atoms. The number of aryl methyl sites for hydroxylation is 3. The van der Waals surface area contributed by atoms with Crippen molar-refractivity contribution >= 4 is 29.1 Å². The summed E-state index contributed by atoms with van der Waals surface area (Å²) in [5.41, 5.74) is 5.68. The lowest BCUT2D eigenvalue weighted by molar-refractivity contribution is -0.118. The standard InChI is InChI=1S/C33H33ClN6O4/c1-19(2)40-18-24(9-13-30(40)41)23-8-12-27(34)25(16-23)17-28(37-33(43)29-14-15-35-39(29)5)32(42)36-26-10-6-22(7-11-26)31-20(3)38-44-21(31)4/h6-16,18-19,28H,17H2,1-5H3,(H,36,42)(H,37,43). The van der Waals surface area contributed by atoms with Gasteiger partial charge in [-0.25, -0.2) is 0 Å². The van der Waals surface area contributed by atoms with Crippen molar-refractivity contribution in [3.05, 3.63) is 111 Å². The maximum atomic E-state index is 13.7. The number of benzene rings is 2. The van der Waals surface area contributed by atoms with E-state index in [0.29, 0.717) is 27.7 Å². The molecule has 0 aliphatic carbocycles. The van der Waals surface area contributed by atoms with E-state index in [0.717, 1.165) is 27.9 Å². The number of nitrogens with one attached hydrogen (secondary N) is 2. The molecule has 0 saturated carbocycles. The quantitative estimate of drug-likeness (QED) is 0.219. The molecular formula is C33H33ClN6O4. The van der Waals surface area contributed by atoms with E-state index in [9.17, 15) is 14.4 Å². The second-order valence-corrected chi connectivity index (χ2v) is 11.3. The Labute approximate surface area is 259 Å². The maximum absolute atomic E-state index is 13.7. The van der Waals surface area contributed by atoms with E-state index >= 15 is 0 Å². The summed E-state index contributed by atoms with van der Waals surface area (Å²) in [5.74, 6) is -0.157. The summed E-state index contributed by atoms with van der Waals surface area (Å²) in [6.45, 7) is 7.60. The van der Waals surface area contributed by atoms with Crippen molar-refractivity contribution in [3.8, 4) is 22.3 Å². The van der Waals surface area contributed by atoms with Crippen LogP contribution in [0.25, 0.3) is 22.3 Å². The highest BCUT2D eigenvalue weighted by Gasteiger charge is 2.25. The number of anilines is 1. The van der Waals surface area contributed by atoms with Crippen molar-refractivity contribution in [2.75, 3.05) is 5.32 Å². The first-order chi connectivity index (χ1) is 21.0. The predicted molar refractivity (Wildman–Crippen MR) is 170 cm³/mol. The molecule has 0 spiro atoms. The minimum Gasteiger partial charge on any atom is -0.361 e. The van der Waals surface area contributed by atoms with Crippen LogP contribution in [-0.4, -0.2) is 37.4 Å². The van der Waals surface area contributed by atoms with E-state index in [1.54, 1.807) is 48.1 Å². The third-order valence-electron chi connectivity index (χ3n) is 7.45. The van der Waals surface area contributed by atoms with E-state index in [2.05, 4.69) is 20.9 Å². The van der Waals surface area contributed by atoms with Gasteiger partial charge in [-0.2, -0.15) is 5.10 Å². The number of rotatable bonds is 9. The van der Waals surface area contributed by atoms with Gasteiger partial charge < -0.3 is 19.7 Å². The second-order valence-electron chi connectivity index (χ2n) is 10.9. The Balaban J connectivity index is 1.43. The zero-order valence-electron chi connectivity index (χ0n) is 25.1. The van der Waals surface area contributed by atoms with Gasteiger partial charge in [0.15, 0.2) is 0 Å². The maximum Gasteiger partial charge on any atom is 0.270 e. The Kier molecular flexibility index (Phi) is 8.82.